The zero-order chi connectivity index (χ0) is 13.1. The fourth-order valence-electron chi connectivity index (χ4n) is 2.95. The Bertz CT molecular complexity index is 428. The summed E-state index contributed by atoms with van der Waals surface area (Å²) < 4.78 is 0. The number of rotatable bonds is 3. The highest BCUT2D eigenvalue weighted by Gasteiger charge is 2.37. The molecule has 2 aliphatic heterocycles. The predicted octanol–water partition coefficient (Wildman–Crippen LogP) is 0.922. The Morgan fingerprint density at radius 3 is 2.95 bits per heavy atom. The highest BCUT2D eigenvalue weighted by Crippen LogP contribution is 2.29. The summed E-state index contributed by atoms with van der Waals surface area (Å²) in [6.07, 6.45) is 6.79. The van der Waals surface area contributed by atoms with E-state index in [9.17, 15) is 4.79 Å². The molecule has 6 heteroatoms. The van der Waals surface area contributed by atoms with Gasteiger partial charge in [-0.3, -0.25) is 4.79 Å². The van der Waals surface area contributed by atoms with Gasteiger partial charge in [0.1, 0.15) is 0 Å². The van der Waals surface area contributed by atoms with Gasteiger partial charge < -0.3 is 10.2 Å². The van der Waals surface area contributed by atoms with E-state index in [0.717, 1.165) is 32.4 Å². The molecule has 3 heterocycles. The molecule has 2 fully saturated rings. The number of amides is 1. The van der Waals surface area contributed by atoms with Gasteiger partial charge in [-0.15, -0.1) is 0 Å². The van der Waals surface area contributed by atoms with E-state index in [0.29, 0.717) is 23.0 Å². The highest BCUT2D eigenvalue weighted by molar-refractivity contribution is 7.99. The number of hydrogen-bond donors (Lipinski definition) is 1. The maximum absolute atomic E-state index is 12.4. The lowest BCUT2D eigenvalue weighted by molar-refractivity contribution is -0.130. The molecule has 3 rings (SSSR count). The van der Waals surface area contributed by atoms with Crippen LogP contribution in [-0.4, -0.2) is 51.7 Å². The SMILES string of the molecule is O=C(CSc1ncccn1)N1[C@H]2CCNC[C@@H]1CC2. The van der Waals surface area contributed by atoms with Crippen molar-refractivity contribution in [1.29, 1.82) is 0 Å². The molecule has 0 unspecified atom stereocenters. The summed E-state index contributed by atoms with van der Waals surface area (Å²) in [4.78, 5) is 22.8. The second-order valence-electron chi connectivity index (χ2n) is 5.00. The van der Waals surface area contributed by atoms with Crippen LogP contribution in [0.5, 0.6) is 0 Å². The molecular formula is C13H18N4OS. The summed E-state index contributed by atoms with van der Waals surface area (Å²) >= 11 is 1.43. The second-order valence-corrected chi connectivity index (χ2v) is 5.94. The van der Waals surface area contributed by atoms with Crippen molar-refractivity contribution in [3.8, 4) is 0 Å². The first-order valence-corrected chi connectivity index (χ1v) is 7.75. The first-order valence-electron chi connectivity index (χ1n) is 6.76. The summed E-state index contributed by atoms with van der Waals surface area (Å²) in [6.45, 7) is 1.97. The van der Waals surface area contributed by atoms with Crippen LogP contribution in [0.15, 0.2) is 23.6 Å². The topological polar surface area (TPSA) is 58.1 Å². The summed E-state index contributed by atoms with van der Waals surface area (Å²) in [7, 11) is 0. The van der Waals surface area contributed by atoms with Crippen LogP contribution >= 0.6 is 11.8 Å². The van der Waals surface area contributed by atoms with E-state index in [1.54, 1.807) is 18.5 Å². The zero-order valence-electron chi connectivity index (χ0n) is 10.8. The number of nitrogens with one attached hydrogen (secondary N) is 1. The minimum atomic E-state index is 0.230. The van der Waals surface area contributed by atoms with E-state index in [-0.39, 0.29) is 5.91 Å². The smallest absolute Gasteiger partial charge is 0.233 e. The lowest BCUT2D eigenvalue weighted by Crippen LogP contribution is -2.43. The average molecular weight is 278 g/mol. The maximum Gasteiger partial charge on any atom is 0.233 e. The van der Waals surface area contributed by atoms with Gasteiger partial charge in [0.15, 0.2) is 5.16 Å². The van der Waals surface area contributed by atoms with Crippen LogP contribution < -0.4 is 5.32 Å². The molecule has 0 radical (unpaired) electrons. The molecule has 1 amide bonds. The van der Waals surface area contributed by atoms with Crippen molar-refractivity contribution in [3.05, 3.63) is 18.5 Å². The average Bonchev–Trinajstić information content (AvgIpc) is 2.71. The number of hydrogen-bond acceptors (Lipinski definition) is 5. The van der Waals surface area contributed by atoms with E-state index in [1.165, 1.54) is 11.8 Å². The number of carbonyl (C=O) groups excluding carboxylic acids is 1. The number of aromatic nitrogens is 2. The van der Waals surface area contributed by atoms with Gasteiger partial charge in [0.05, 0.1) is 5.75 Å². The maximum atomic E-state index is 12.4. The van der Waals surface area contributed by atoms with Crippen molar-refractivity contribution in [2.24, 2.45) is 0 Å². The summed E-state index contributed by atoms with van der Waals surface area (Å²) in [5.41, 5.74) is 0. The van der Waals surface area contributed by atoms with Gasteiger partial charge in [-0.2, -0.15) is 0 Å². The van der Waals surface area contributed by atoms with Gasteiger partial charge >= 0.3 is 0 Å². The Morgan fingerprint density at radius 1 is 1.32 bits per heavy atom. The van der Waals surface area contributed by atoms with E-state index in [2.05, 4.69) is 20.2 Å². The Labute approximate surface area is 117 Å². The monoisotopic (exact) mass is 278 g/mol. The van der Waals surface area contributed by atoms with Crippen LogP contribution in [-0.2, 0) is 4.79 Å². The minimum absolute atomic E-state index is 0.230. The molecule has 102 valence electrons. The van der Waals surface area contributed by atoms with Crippen molar-refractivity contribution in [2.75, 3.05) is 18.8 Å². The highest BCUT2D eigenvalue weighted by atomic mass is 32.2. The fourth-order valence-corrected chi connectivity index (χ4v) is 3.62. The lowest BCUT2D eigenvalue weighted by atomic mass is 10.1. The van der Waals surface area contributed by atoms with Crippen LogP contribution in [0.1, 0.15) is 19.3 Å². The van der Waals surface area contributed by atoms with Gasteiger partial charge in [-0.1, -0.05) is 11.8 Å². The molecule has 5 nitrogen and oxygen atoms in total. The number of nitrogens with zero attached hydrogens (tertiary/aromatic N) is 3. The van der Waals surface area contributed by atoms with Crippen molar-refractivity contribution >= 4 is 17.7 Å². The van der Waals surface area contributed by atoms with Crippen molar-refractivity contribution in [1.82, 2.24) is 20.2 Å². The fraction of sp³-hybridized carbons (Fsp3) is 0.615. The molecule has 1 aromatic heterocycles. The van der Waals surface area contributed by atoms with E-state index in [1.807, 2.05) is 0 Å². The van der Waals surface area contributed by atoms with Crippen LogP contribution in [0.4, 0.5) is 0 Å². The largest absolute Gasteiger partial charge is 0.335 e. The third-order valence-electron chi connectivity index (χ3n) is 3.81. The van der Waals surface area contributed by atoms with Crippen LogP contribution in [0.25, 0.3) is 0 Å². The minimum Gasteiger partial charge on any atom is -0.335 e. The molecular weight excluding hydrogens is 260 g/mol. The molecule has 1 N–H and O–H groups in total. The third-order valence-corrected chi connectivity index (χ3v) is 4.67. The van der Waals surface area contributed by atoms with Crippen molar-refractivity contribution in [3.63, 3.8) is 0 Å². The summed E-state index contributed by atoms with van der Waals surface area (Å²) in [6, 6.07) is 2.61. The number of thioether (sulfide) groups is 1. The number of fused-ring (bicyclic) bond motifs is 2. The Kier molecular flexibility index (Phi) is 3.98. The first-order chi connectivity index (χ1) is 9.34. The molecule has 0 aromatic carbocycles. The molecule has 2 aliphatic rings. The summed E-state index contributed by atoms with van der Waals surface area (Å²) in [5, 5.41) is 4.09. The molecule has 0 spiro atoms. The Balaban J connectivity index is 1.61. The molecule has 2 atom stereocenters. The zero-order valence-corrected chi connectivity index (χ0v) is 11.6. The number of carbonyl (C=O) groups is 1. The van der Waals surface area contributed by atoms with E-state index < -0.39 is 0 Å². The van der Waals surface area contributed by atoms with Crippen LogP contribution in [0, 0.1) is 0 Å². The van der Waals surface area contributed by atoms with Crippen LogP contribution in [0.3, 0.4) is 0 Å². The molecule has 0 aliphatic carbocycles. The molecule has 2 saturated heterocycles. The first kappa shape index (κ1) is 12.9. The van der Waals surface area contributed by atoms with E-state index >= 15 is 0 Å². The molecule has 0 saturated carbocycles. The Hall–Kier alpha value is -1.14. The summed E-state index contributed by atoms with van der Waals surface area (Å²) in [5.74, 6) is 0.672. The predicted molar refractivity (Wildman–Crippen MR) is 73.9 cm³/mol. The standard InChI is InChI=1S/C13H18N4OS/c18-12(9-19-13-15-5-1-6-16-13)17-10-2-3-11(17)8-14-7-4-10/h1,5-6,10-11,14H,2-4,7-9H2/t10-,11+/m1/s1. The van der Waals surface area contributed by atoms with Gasteiger partial charge in [0, 0.05) is 31.0 Å². The lowest BCUT2D eigenvalue weighted by Gasteiger charge is -2.27. The van der Waals surface area contributed by atoms with Crippen LogP contribution in [0.2, 0.25) is 0 Å². The normalized spacial score (nSPS) is 26.2. The van der Waals surface area contributed by atoms with Crippen molar-refractivity contribution in [2.45, 2.75) is 36.5 Å². The third kappa shape index (κ3) is 2.90. The molecule has 19 heavy (non-hydrogen) atoms. The Morgan fingerprint density at radius 2 is 2.11 bits per heavy atom. The van der Waals surface area contributed by atoms with Gasteiger partial charge in [-0.25, -0.2) is 9.97 Å². The second kappa shape index (κ2) is 5.88. The quantitative estimate of drug-likeness (QED) is 0.658. The van der Waals surface area contributed by atoms with Gasteiger partial charge in [0.2, 0.25) is 5.91 Å². The van der Waals surface area contributed by atoms with Gasteiger partial charge in [-0.05, 0) is 31.9 Å². The van der Waals surface area contributed by atoms with Crippen molar-refractivity contribution < 1.29 is 4.79 Å². The van der Waals surface area contributed by atoms with Gasteiger partial charge in [0.25, 0.3) is 0 Å². The molecule has 1 aromatic rings. The van der Waals surface area contributed by atoms with E-state index in [4.69, 9.17) is 0 Å². The molecule has 2 bridgehead atoms.